The number of amides is 1. The smallest absolute Gasteiger partial charge is 0.270 e. The van der Waals surface area contributed by atoms with E-state index >= 15 is 0 Å². The Balaban J connectivity index is 1.62. The molecular formula is C15H23BrN4O. The molecule has 0 saturated carbocycles. The number of halogens is 1. The van der Waals surface area contributed by atoms with E-state index in [9.17, 15) is 4.79 Å². The topological polar surface area (TPSA) is 40.5 Å². The molecule has 1 atom stereocenters. The van der Waals surface area contributed by atoms with Crippen molar-refractivity contribution in [3.63, 3.8) is 0 Å². The van der Waals surface area contributed by atoms with Crippen molar-refractivity contribution < 1.29 is 4.79 Å². The van der Waals surface area contributed by atoms with Crippen LogP contribution in [0.2, 0.25) is 0 Å². The second-order valence-electron chi connectivity index (χ2n) is 5.80. The Bertz CT molecular complexity index is 502. The monoisotopic (exact) mass is 354 g/mol. The molecule has 2 aliphatic heterocycles. The van der Waals surface area contributed by atoms with Crippen molar-refractivity contribution in [2.45, 2.75) is 25.9 Å². The summed E-state index contributed by atoms with van der Waals surface area (Å²) in [4.78, 5) is 17.2. The summed E-state index contributed by atoms with van der Waals surface area (Å²) in [5.41, 5.74) is 0.792. The van der Waals surface area contributed by atoms with E-state index in [4.69, 9.17) is 0 Å². The molecule has 2 saturated heterocycles. The Morgan fingerprint density at radius 3 is 2.76 bits per heavy atom. The van der Waals surface area contributed by atoms with Crippen LogP contribution < -0.4 is 5.32 Å². The highest BCUT2D eigenvalue weighted by atomic mass is 79.9. The molecule has 116 valence electrons. The van der Waals surface area contributed by atoms with Crippen molar-refractivity contribution in [1.29, 1.82) is 0 Å². The zero-order chi connectivity index (χ0) is 14.8. The van der Waals surface area contributed by atoms with Crippen molar-refractivity contribution in [2.75, 3.05) is 39.3 Å². The van der Waals surface area contributed by atoms with E-state index in [1.165, 1.54) is 6.42 Å². The lowest BCUT2D eigenvalue weighted by Gasteiger charge is -2.37. The van der Waals surface area contributed by atoms with Crippen LogP contribution in [0.1, 0.15) is 23.8 Å². The number of nitrogens with one attached hydrogen (secondary N) is 1. The minimum atomic E-state index is 0.159. The van der Waals surface area contributed by atoms with Crippen LogP contribution in [0.15, 0.2) is 16.7 Å². The predicted octanol–water partition coefficient (Wildman–Crippen LogP) is 1.39. The first-order valence-electron chi connectivity index (χ1n) is 7.78. The van der Waals surface area contributed by atoms with E-state index in [1.807, 2.05) is 21.7 Å². The highest BCUT2D eigenvalue weighted by molar-refractivity contribution is 9.10. The van der Waals surface area contributed by atoms with Gasteiger partial charge in [0.15, 0.2) is 0 Å². The Morgan fingerprint density at radius 2 is 2.14 bits per heavy atom. The molecule has 0 radical (unpaired) electrons. The van der Waals surface area contributed by atoms with Crippen LogP contribution in [0.5, 0.6) is 0 Å². The van der Waals surface area contributed by atoms with Crippen molar-refractivity contribution in [2.24, 2.45) is 0 Å². The normalized spacial score (nSPS) is 23.7. The summed E-state index contributed by atoms with van der Waals surface area (Å²) in [6.45, 7) is 8.76. The number of rotatable bonds is 3. The van der Waals surface area contributed by atoms with Crippen molar-refractivity contribution in [3.05, 3.63) is 22.4 Å². The van der Waals surface area contributed by atoms with Crippen LogP contribution in [-0.4, -0.2) is 65.6 Å². The highest BCUT2D eigenvalue weighted by Gasteiger charge is 2.29. The third-order valence-corrected chi connectivity index (χ3v) is 5.01. The minimum absolute atomic E-state index is 0.159. The molecule has 3 rings (SSSR count). The Hall–Kier alpha value is -0.850. The summed E-state index contributed by atoms with van der Waals surface area (Å²) in [7, 11) is 0. The molecule has 5 nitrogen and oxygen atoms in total. The number of hydrogen-bond acceptors (Lipinski definition) is 3. The summed E-state index contributed by atoms with van der Waals surface area (Å²) in [6, 6.07) is 2.59. The van der Waals surface area contributed by atoms with Crippen LogP contribution in [0.25, 0.3) is 0 Å². The molecule has 2 fully saturated rings. The molecule has 0 aliphatic carbocycles. The zero-order valence-electron chi connectivity index (χ0n) is 12.5. The maximum absolute atomic E-state index is 12.7. The van der Waals surface area contributed by atoms with E-state index in [1.54, 1.807) is 0 Å². The lowest BCUT2D eigenvalue weighted by Crippen LogP contribution is -2.52. The largest absolute Gasteiger partial charge is 0.343 e. The first kappa shape index (κ1) is 15.1. The quantitative estimate of drug-likeness (QED) is 0.891. The van der Waals surface area contributed by atoms with Crippen molar-refractivity contribution in [1.82, 2.24) is 19.7 Å². The number of nitrogens with zero attached hydrogens (tertiary/aromatic N) is 3. The second-order valence-corrected chi connectivity index (χ2v) is 6.72. The number of hydrogen-bond donors (Lipinski definition) is 1. The Morgan fingerprint density at radius 1 is 1.38 bits per heavy atom. The van der Waals surface area contributed by atoms with Crippen molar-refractivity contribution >= 4 is 21.8 Å². The van der Waals surface area contributed by atoms with Gasteiger partial charge in [-0.05, 0) is 41.9 Å². The van der Waals surface area contributed by atoms with Crippen molar-refractivity contribution in [3.8, 4) is 0 Å². The van der Waals surface area contributed by atoms with Crippen LogP contribution in [0.4, 0.5) is 0 Å². The van der Waals surface area contributed by atoms with Gasteiger partial charge in [0, 0.05) is 56.0 Å². The average molecular weight is 355 g/mol. The SMILES string of the molecule is CCn1cc(Br)cc1C(=O)N1CCN(C2CCNC2)CC1. The molecule has 1 N–H and O–H groups in total. The van der Waals surface area contributed by atoms with Crippen LogP contribution in [0, 0.1) is 0 Å². The lowest BCUT2D eigenvalue weighted by atomic mass is 10.2. The van der Waals surface area contributed by atoms with Gasteiger partial charge in [-0.15, -0.1) is 0 Å². The second kappa shape index (κ2) is 6.50. The van der Waals surface area contributed by atoms with Gasteiger partial charge in [0.25, 0.3) is 5.91 Å². The summed E-state index contributed by atoms with van der Waals surface area (Å²) in [5, 5.41) is 3.42. The standard InChI is InChI=1S/C15H23BrN4O/c1-2-18-11-12(16)9-14(18)15(21)20-7-5-19(6-8-20)13-3-4-17-10-13/h9,11,13,17H,2-8,10H2,1H3. The van der Waals surface area contributed by atoms with E-state index in [0.29, 0.717) is 6.04 Å². The number of carbonyl (C=O) groups excluding carboxylic acids is 1. The maximum atomic E-state index is 12.7. The summed E-state index contributed by atoms with van der Waals surface area (Å²) in [5.74, 6) is 0.159. The van der Waals surface area contributed by atoms with Gasteiger partial charge in [-0.25, -0.2) is 0 Å². The lowest BCUT2D eigenvalue weighted by molar-refractivity contribution is 0.0574. The summed E-state index contributed by atoms with van der Waals surface area (Å²) < 4.78 is 2.99. The van der Waals surface area contributed by atoms with E-state index in [-0.39, 0.29) is 5.91 Å². The number of carbonyl (C=O) groups is 1. The van der Waals surface area contributed by atoms with Gasteiger partial charge in [0.1, 0.15) is 5.69 Å². The molecule has 1 unspecified atom stereocenters. The molecule has 0 spiro atoms. The number of aromatic nitrogens is 1. The molecule has 3 heterocycles. The maximum Gasteiger partial charge on any atom is 0.270 e. The fourth-order valence-corrected chi connectivity index (χ4v) is 3.78. The first-order chi connectivity index (χ1) is 10.2. The first-order valence-corrected chi connectivity index (χ1v) is 8.58. The fourth-order valence-electron chi connectivity index (χ4n) is 3.32. The summed E-state index contributed by atoms with van der Waals surface area (Å²) >= 11 is 3.46. The van der Waals surface area contributed by atoms with Crippen LogP contribution >= 0.6 is 15.9 Å². The van der Waals surface area contributed by atoms with Gasteiger partial charge in [-0.3, -0.25) is 9.69 Å². The molecule has 1 aromatic heterocycles. The molecule has 1 aromatic rings. The third-order valence-electron chi connectivity index (χ3n) is 4.58. The molecule has 21 heavy (non-hydrogen) atoms. The summed E-state index contributed by atoms with van der Waals surface area (Å²) in [6.07, 6.45) is 3.22. The molecule has 6 heteroatoms. The van der Waals surface area contributed by atoms with Gasteiger partial charge in [0.2, 0.25) is 0 Å². The highest BCUT2D eigenvalue weighted by Crippen LogP contribution is 2.18. The Labute approximate surface area is 134 Å². The number of aryl methyl sites for hydroxylation is 1. The molecule has 2 aliphatic rings. The van der Waals surface area contributed by atoms with Crippen LogP contribution in [-0.2, 0) is 6.54 Å². The van der Waals surface area contributed by atoms with Gasteiger partial charge in [-0.1, -0.05) is 0 Å². The number of piperazine rings is 1. The van der Waals surface area contributed by atoms with Crippen LogP contribution in [0.3, 0.4) is 0 Å². The van der Waals surface area contributed by atoms with E-state index < -0.39 is 0 Å². The van der Waals surface area contributed by atoms with E-state index in [0.717, 1.165) is 56.0 Å². The fraction of sp³-hybridized carbons (Fsp3) is 0.667. The average Bonchev–Trinajstić information content (AvgIpc) is 3.16. The molecular weight excluding hydrogens is 332 g/mol. The van der Waals surface area contributed by atoms with Gasteiger partial charge >= 0.3 is 0 Å². The molecule has 0 aromatic carbocycles. The predicted molar refractivity (Wildman–Crippen MR) is 86.6 cm³/mol. The molecule has 1 amide bonds. The zero-order valence-corrected chi connectivity index (χ0v) is 14.1. The minimum Gasteiger partial charge on any atom is -0.343 e. The Kier molecular flexibility index (Phi) is 4.66. The molecule has 0 bridgehead atoms. The van der Waals surface area contributed by atoms with E-state index in [2.05, 4.69) is 33.1 Å². The van der Waals surface area contributed by atoms with Gasteiger partial charge in [0.05, 0.1) is 0 Å². The van der Waals surface area contributed by atoms with Gasteiger partial charge in [-0.2, -0.15) is 0 Å². The third kappa shape index (κ3) is 3.17. The van der Waals surface area contributed by atoms with Gasteiger partial charge < -0.3 is 14.8 Å².